The molecule has 3 aliphatic rings. The van der Waals surface area contributed by atoms with Gasteiger partial charge in [0.05, 0.1) is 17.8 Å². The molecule has 1 saturated carbocycles. The van der Waals surface area contributed by atoms with Gasteiger partial charge in [-0.3, -0.25) is 4.79 Å². The third kappa shape index (κ3) is 3.84. The van der Waals surface area contributed by atoms with Crippen LogP contribution in [0.5, 0.6) is 0 Å². The van der Waals surface area contributed by atoms with Crippen molar-refractivity contribution >= 4 is 35.0 Å². The second-order valence-electron chi connectivity index (χ2n) is 8.56. The molecule has 0 bridgehead atoms. The van der Waals surface area contributed by atoms with Crippen molar-refractivity contribution in [2.75, 3.05) is 18.2 Å². The largest absolute Gasteiger partial charge is 0.396 e. The number of aliphatic hydroxyl groups is 1. The van der Waals surface area contributed by atoms with Crippen LogP contribution < -0.4 is 10.9 Å². The van der Waals surface area contributed by atoms with Crippen LogP contribution in [0, 0.1) is 5.92 Å². The lowest BCUT2D eigenvalue weighted by molar-refractivity contribution is -0.158. The Hall–Kier alpha value is -1.72. The summed E-state index contributed by atoms with van der Waals surface area (Å²) in [4.78, 5) is 26.5. The fraction of sp³-hybridized carbons (Fsp3) is 0.571. The Labute approximate surface area is 188 Å². The maximum absolute atomic E-state index is 13.1. The van der Waals surface area contributed by atoms with Crippen LogP contribution >= 0.6 is 23.1 Å². The van der Waals surface area contributed by atoms with Gasteiger partial charge in [-0.15, -0.1) is 11.3 Å². The predicted molar refractivity (Wildman–Crippen MR) is 122 cm³/mol. The van der Waals surface area contributed by atoms with E-state index >= 15 is 0 Å². The van der Waals surface area contributed by atoms with E-state index in [0.717, 1.165) is 18.5 Å². The van der Waals surface area contributed by atoms with Crippen molar-refractivity contribution in [3.05, 3.63) is 27.0 Å². The lowest BCUT2D eigenvalue weighted by Crippen LogP contribution is -2.35. The summed E-state index contributed by atoms with van der Waals surface area (Å²) < 4.78 is 12.2. The second-order valence-corrected chi connectivity index (χ2v) is 10.4. The van der Waals surface area contributed by atoms with Crippen molar-refractivity contribution in [3.8, 4) is 10.6 Å². The maximum atomic E-state index is 13.1. The number of H-pyrrole nitrogens is 1. The molecule has 0 radical (unpaired) electrons. The lowest BCUT2D eigenvalue weighted by Gasteiger charge is -2.24. The number of aromatic amines is 1. The SMILES string of the molecule is CSc1nc(NC2CC(CO)C3OC(C)(C)OC23)c(-c2nc3c(s2)CCC=C3)c(=O)[nH]1. The minimum absolute atomic E-state index is 0.0239. The van der Waals surface area contributed by atoms with Crippen molar-refractivity contribution in [2.24, 2.45) is 5.92 Å². The molecule has 166 valence electrons. The Morgan fingerprint density at radius 2 is 2.16 bits per heavy atom. The number of thioether (sulfide) groups is 1. The van der Waals surface area contributed by atoms with E-state index in [-0.39, 0.29) is 36.3 Å². The summed E-state index contributed by atoms with van der Waals surface area (Å²) in [7, 11) is 0. The molecule has 3 N–H and O–H groups in total. The topological polar surface area (TPSA) is 109 Å². The number of aryl methyl sites for hydroxylation is 1. The number of nitrogens with one attached hydrogen (secondary N) is 2. The Balaban J connectivity index is 1.53. The molecule has 0 amide bonds. The molecule has 1 aliphatic heterocycles. The Bertz CT molecular complexity index is 1080. The number of allylic oxidation sites excluding steroid dienone is 1. The molecule has 0 spiro atoms. The van der Waals surface area contributed by atoms with Crippen LogP contribution in [-0.2, 0) is 15.9 Å². The van der Waals surface area contributed by atoms with Crippen LogP contribution in [-0.4, -0.2) is 57.0 Å². The number of hydrogen-bond donors (Lipinski definition) is 3. The molecule has 8 nitrogen and oxygen atoms in total. The van der Waals surface area contributed by atoms with E-state index in [9.17, 15) is 9.90 Å². The third-order valence-corrected chi connectivity index (χ3v) is 7.71. The molecule has 0 aromatic carbocycles. The van der Waals surface area contributed by atoms with Gasteiger partial charge in [-0.1, -0.05) is 17.8 Å². The monoisotopic (exact) mass is 462 g/mol. The van der Waals surface area contributed by atoms with Gasteiger partial charge in [0.15, 0.2) is 10.9 Å². The van der Waals surface area contributed by atoms with E-state index in [4.69, 9.17) is 14.5 Å². The zero-order chi connectivity index (χ0) is 21.8. The van der Waals surface area contributed by atoms with Crippen molar-refractivity contribution in [1.82, 2.24) is 15.0 Å². The molecule has 5 rings (SSSR count). The summed E-state index contributed by atoms with van der Waals surface area (Å²) in [6.45, 7) is 3.79. The Kier molecular flexibility index (Phi) is 5.46. The van der Waals surface area contributed by atoms with Crippen LogP contribution in [0.2, 0.25) is 0 Å². The van der Waals surface area contributed by atoms with Crippen molar-refractivity contribution in [2.45, 2.75) is 62.3 Å². The first-order valence-electron chi connectivity index (χ1n) is 10.5. The molecule has 2 aromatic rings. The number of anilines is 1. The minimum Gasteiger partial charge on any atom is -0.396 e. The fourth-order valence-electron chi connectivity index (χ4n) is 4.62. The standard InChI is InChI=1S/C21H26N4O4S2/c1-21(2)28-15-10(9-26)8-12(16(15)29-21)22-17-14(18(27)25-20(24-17)30-3)19-23-11-6-4-5-7-13(11)31-19/h4,6,10,12,15-16,26H,5,7-9H2,1-3H3,(H2,22,24,25,27). The smallest absolute Gasteiger partial charge is 0.264 e. The Morgan fingerprint density at radius 1 is 1.35 bits per heavy atom. The minimum atomic E-state index is -0.710. The molecular weight excluding hydrogens is 436 g/mol. The highest BCUT2D eigenvalue weighted by molar-refractivity contribution is 7.98. The number of fused-ring (bicyclic) bond motifs is 2. The molecule has 2 aromatic heterocycles. The second kappa shape index (κ2) is 8.00. The average molecular weight is 463 g/mol. The van der Waals surface area contributed by atoms with Gasteiger partial charge < -0.3 is 24.9 Å². The average Bonchev–Trinajstić information content (AvgIpc) is 3.38. The van der Waals surface area contributed by atoms with Crippen LogP contribution in [0.4, 0.5) is 5.82 Å². The van der Waals surface area contributed by atoms with Crippen molar-refractivity contribution in [3.63, 3.8) is 0 Å². The number of ether oxygens (including phenoxy) is 2. The van der Waals surface area contributed by atoms with E-state index in [1.54, 1.807) is 11.3 Å². The van der Waals surface area contributed by atoms with Crippen LogP contribution in [0.25, 0.3) is 16.6 Å². The molecule has 4 unspecified atom stereocenters. The zero-order valence-electron chi connectivity index (χ0n) is 17.7. The molecule has 2 fully saturated rings. The molecule has 10 heteroatoms. The van der Waals surface area contributed by atoms with E-state index in [2.05, 4.69) is 21.4 Å². The number of thiazole rings is 1. The molecule has 31 heavy (non-hydrogen) atoms. The van der Waals surface area contributed by atoms with Crippen LogP contribution in [0.15, 0.2) is 16.0 Å². The molecular formula is C21H26N4O4S2. The quantitative estimate of drug-likeness (QED) is 0.460. The normalized spacial score (nSPS) is 28.5. The van der Waals surface area contributed by atoms with E-state index in [1.807, 2.05) is 26.2 Å². The van der Waals surface area contributed by atoms with Crippen molar-refractivity contribution < 1.29 is 14.6 Å². The molecule has 2 aliphatic carbocycles. The highest BCUT2D eigenvalue weighted by atomic mass is 32.2. The van der Waals surface area contributed by atoms with E-state index in [1.165, 1.54) is 16.6 Å². The lowest BCUT2D eigenvalue weighted by atomic mass is 10.1. The maximum Gasteiger partial charge on any atom is 0.264 e. The van der Waals surface area contributed by atoms with Crippen molar-refractivity contribution in [1.29, 1.82) is 0 Å². The van der Waals surface area contributed by atoms with Crippen LogP contribution in [0.1, 0.15) is 37.3 Å². The van der Waals surface area contributed by atoms with Crippen LogP contribution in [0.3, 0.4) is 0 Å². The number of nitrogens with zero attached hydrogens (tertiary/aromatic N) is 2. The Morgan fingerprint density at radius 3 is 2.90 bits per heavy atom. The van der Waals surface area contributed by atoms with Gasteiger partial charge in [-0.25, -0.2) is 9.97 Å². The first-order valence-corrected chi connectivity index (χ1v) is 12.5. The summed E-state index contributed by atoms with van der Waals surface area (Å²) in [6.07, 6.45) is 8.16. The molecule has 4 atom stereocenters. The number of rotatable bonds is 5. The van der Waals surface area contributed by atoms with Gasteiger partial charge in [0, 0.05) is 17.4 Å². The van der Waals surface area contributed by atoms with Gasteiger partial charge in [0.2, 0.25) is 0 Å². The van der Waals surface area contributed by atoms with Gasteiger partial charge >= 0.3 is 0 Å². The third-order valence-electron chi connectivity index (χ3n) is 5.98. The summed E-state index contributed by atoms with van der Waals surface area (Å²) in [6, 6.07) is -0.138. The zero-order valence-corrected chi connectivity index (χ0v) is 19.3. The molecule has 3 heterocycles. The number of aliphatic hydroxyl groups excluding tert-OH is 1. The number of aromatic nitrogens is 3. The molecule has 1 saturated heterocycles. The van der Waals surface area contributed by atoms with Gasteiger partial charge in [0.1, 0.15) is 22.5 Å². The van der Waals surface area contributed by atoms with E-state index < -0.39 is 5.79 Å². The fourth-order valence-corrected chi connectivity index (χ4v) is 6.11. The summed E-state index contributed by atoms with van der Waals surface area (Å²) in [5, 5.41) is 14.5. The van der Waals surface area contributed by atoms with Gasteiger partial charge in [-0.05, 0) is 45.4 Å². The first-order chi connectivity index (χ1) is 14.9. The number of hydrogen-bond acceptors (Lipinski definition) is 9. The predicted octanol–water partition coefficient (Wildman–Crippen LogP) is 2.89. The highest BCUT2D eigenvalue weighted by Crippen LogP contribution is 2.43. The highest BCUT2D eigenvalue weighted by Gasteiger charge is 2.54. The van der Waals surface area contributed by atoms with Gasteiger partial charge in [0.25, 0.3) is 5.56 Å². The summed E-state index contributed by atoms with van der Waals surface area (Å²) in [5.74, 6) is -0.246. The van der Waals surface area contributed by atoms with Gasteiger partial charge in [-0.2, -0.15) is 0 Å². The summed E-state index contributed by atoms with van der Waals surface area (Å²) in [5.41, 5.74) is 1.17. The van der Waals surface area contributed by atoms with E-state index in [0.29, 0.717) is 28.0 Å². The summed E-state index contributed by atoms with van der Waals surface area (Å²) >= 11 is 2.93. The first kappa shape index (κ1) is 21.1.